The van der Waals surface area contributed by atoms with E-state index in [9.17, 15) is 0 Å². The topological polar surface area (TPSA) is 35.6 Å². The normalized spacial score (nSPS) is 12.0. The van der Waals surface area contributed by atoms with E-state index in [1.54, 1.807) is 0 Å². The van der Waals surface area contributed by atoms with E-state index < -0.39 is 0 Å². The van der Waals surface area contributed by atoms with E-state index in [-0.39, 0.29) is 0 Å². The highest BCUT2D eigenvalue weighted by Crippen LogP contribution is 2.51. The summed E-state index contributed by atoms with van der Waals surface area (Å²) in [5.41, 5.74) is 11.0. The van der Waals surface area contributed by atoms with Gasteiger partial charge in [0.1, 0.15) is 0 Å². The Kier molecular flexibility index (Phi) is 6.47. The molecule has 0 unspecified atom stereocenters. The average molecular weight is 719 g/mol. The highest BCUT2D eigenvalue weighted by atomic mass is 32.1. The van der Waals surface area contributed by atoms with Crippen LogP contribution in [0.15, 0.2) is 182 Å². The van der Waals surface area contributed by atoms with Crippen LogP contribution in [-0.2, 0) is 0 Å². The van der Waals surface area contributed by atoms with Crippen LogP contribution in [0.25, 0.3) is 109 Å². The predicted octanol–water partition coefficient (Wildman–Crippen LogP) is 13.5. The summed E-state index contributed by atoms with van der Waals surface area (Å²) in [7, 11) is 0. The Hall–Kier alpha value is -7.08. The number of thiophene rings is 1. The molecule has 0 fully saturated rings. The standard InChI is InChI=1S/C50H30N4S/c1-3-16-31(17-4-1)46-35-22-7-11-26-39(35)51-50(52-46)32-18-15-21-34(30-32)54-41-28-13-9-24-37(41)44-43-36-23-8-12-27-40(36)53(33-19-5-2-6-20-33)47(43)45-38-25-10-14-29-42(38)55-49(45)48(44)54/h1-30H. The van der Waals surface area contributed by atoms with Crippen LogP contribution in [0, 0.1) is 0 Å². The molecule has 256 valence electrons. The average Bonchev–Trinajstić information content (AvgIpc) is 3.92. The van der Waals surface area contributed by atoms with Gasteiger partial charge < -0.3 is 9.13 Å². The third kappa shape index (κ3) is 4.39. The fraction of sp³-hybridized carbons (Fsp3) is 0. The van der Waals surface area contributed by atoms with Crippen molar-refractivity contribution in [3.05, 3.63) is 182 Å². The van der Waals surface area contributed by atoms with Crippen molar-refractivity contribution in [2.45, 2.75) is 0 Å². The maximum atomic E-state index is 5.25. The van der Waals surface area contributed by atoms with Gasteiger partial charge >= 0.3 is 0 Å². The van der Waals surface area contributed by atoms with Gasteiger partial charge in [-0.3, -0.25) is 0 Å². The SMILES string of the molecule is c1ccc(-c2nc(-c3cccc(-n4c5ccccc5c5c6c7ccccc7n(-c7ccccc7)c6c6c7ccccc7sc6c54)c3)nc3ccccc23)cc1. The van der Waals surface area contributed by atoms with Gasteiger partial charge in [0.15, 0.2) is 5.82 Å². The third-order valence-electron chi connectivity index (χ3n) is 11.1. The Balaban J connectivity index is 1.23. The van der Waals surface area contributed by atoms with E-state index in [1.165, 1.54) is 63.8 Å². The lowest BCUT2D eigenvalue weighted by Crippen LogP contribution is -1.98. The van der Waals surface area contributed by atoms with Gasteiger partial charge in [0.05, 0.1) is 38.0 Å². The number of benzene rings is 8. The first-order valence-corrected chi connectivity index (χ1v) is 19.4. The van der Waals surface area contributed by atoms with Crippen molar-refractivity contribution in [3.8, 4) is 34.0 Å². The molecule has 0 aliphatic rings. The maximum absolute atomic E-state index is 5.25. The van der Waals surface area contributed by atoms with Crippen LogP contribution < -0.4 is 0 Å². The molecule has 8 aromatic carbocycles. The highest BCUT2D eigenvalue weighted by Gasteiger charge is 2.26. The van der Waals surface area contributed by atoms with E-state index in [1.807, 2.05) is 23.5 Å². The monoisotopic (exact) mass is 718 g/mol. The molecule has 4 heterocycles. The first-order chi connectivity index (χ1) is 27.3. The molecule has 0 bridgehead atoms. The van der Waals surface area contributed by atoms with E-state index >= 15 is 0 Å². The Morgan fingerprint density at radius 2 is 0.964 bits per heavy atom. The quantitative estimate of drug-likeness (QED) is 0.182. The molecule has 0 saturated carbocycles. The van der Waals surface area contributed by atoms with Crippen molar-refractivity contribution >= 4 is 86.0 Å². The van der Waals surface area contributed by atoms with Crippen LogP contribution in [0.5, 0.6) is 0 Å². The molecule has 0 N–H and O–H groups in total. The van der Waals surface area contributed by atoms with Crippen molar-refractivity contribution in [3.63, 3.8) is 0 Å². The maximum Gasteiger partial charge on any atom is 0.160 e. The van der Waals surface area contributed by atoms with E-state index in [4.69, 9.17) is 9.97 Å². The molecular formula is C50H30N4S. The van der Waals surface area contributed by atoms with Crippen molar-refractivity contribution in [2.24, 2.45) is 0 Å². The van der Waals surface area contributed by atoms with Gasteiger partial charge in [-0.2, -0.15) is 0 Å². The number of para-hydroxylation sites is 4. The Labute approximate surface area is 319 Å². The molecule has 0 aliphatic heterocycles. The molecule has 0 amide bonds. The van der Waals surface area contributed by atoms with Gasteiger partial charge in [0.2, 0.25) is 0 Å². The van der Waals surface area contributed by atoms with Crippen LogP contribution >= 0.6 is 11.3 Å². The summed E-state index contributed by atoms with van der Waals surface area (Å²) in [4.78, 5) is 10.4. The van der Waals surface area contributed by atoms with Crippen LogP contribution in [0.3, 0.4) is 0 Å². The molecule has 5 heteroatoms. The molecule has 0 radical (unpaired) electrons. The molecule has 0 spiro atoms. The number of aromatic nitrogens is 4. The van der Waals surface area contributed by atoms with E-state index in [2.05, 4.69) is 179 Å². The molecule has 4 nitrogen and oxygen atoms in total. The van der Waals surface area contributed by atoms with Gasteiger partial charge in [-0.05, 0) is 48.5 Å². The lowest BCUT2D eigenvalue weighted by molar-refractivity contribution is 1.17. The first kappa shape index (κ1) is 30.4. The van der Waals surface area contributed by atoms with Gasteiger partial charge in [-0.1, -0.05) is 133 Å². The number of rotatable bonds is 4. The van der Waals surface area contributed by atoms with Gasteiger partial charge in [0, 0.05) is 64.9 Å². The lowest BCUT2D eigenvalue weighted by atomic mass is 10.0. The Bertz CT molecular complexity index is 3480. The molecule has 0 aliphatic carbocycles. The van der Waals surface area contributed by atoms with E-state index in [0.29, 0.717) is 5.82 Å². The Morgan fingerprint density at radius 1 is 0.400 bits per heavy atom. The smallest absolute Gasteiger partial charge is 0.160 e. The lowest BCUT2D eigenvalue weighted by Gasteiger charge is -2.13. The van der Waals surface area contributed by atoms with Gasteiger partial charge in [-0.15, -0.1) is 11.3 Å². The summed E-state index contributed by atoms with van der Waals surface area (Å²) >= 11 is 1.89. The second-order valence-electron chi connectivity index (χ2n) is 14.1. The van der Waals surface area contributed by atoms with Crippen LogP contribution in [0.1, 0.15) is 0 Å². The minimum absolute atomic E-state index is 0.709. The van der Waals surface area contributed by atoms with Crippen molar-refractivity contribution in [1.82, 2.24) is 19.1 Å². The second kappa shape index (κ2) is 11.7. The van der Waals surface area contributed by atoms with Crippen LogP contribution in [0.2, 0.25) is 0 Å². The first-order valence-electron chi connectivity index (χ1n) is 18.6. The molecule has 12 rings (SSSR count). The molecule has 55 heavy (non-hydrogen) atoms. The summed E-state index contributed by atoms with van der Waals surface area (Å²) in [6.45, 7) is 0. The fourth-order valence-electron chi connectivity index (χ4n) is 8.80. The van der Waals surface area contributed by atoms with Crippen LogP contribution in [0.4, 0.5) is 0 Å². The molecule has 4 aromatic heterocycles. The van der Waals surface area contributed by atoms with Crippen molar-refractivity contribution < 1.29 is 0 Å². The van der Waals surface area contributed by atoms with Gasteiger partial charge in [-0.25, -0.2) is 9.97 Å². The summed E-state index contributed by atoms with van der Waals surface area (Å²) in [5, 5.41) is 8.64. The van der Waals surface area contributed by atoms with Crippen molar-refractivity contribution in [1.29, 1.82) is 0 Å². The number of fused-ring (bicyclic) bond motifs is 13. The predicted molar refractivity (Wildman–Crippen MR) is 232 cm³/mol. The number of nitrogens with zero attached hydrogens (tertiary/aromatic N) is 4. The summed E-state index contributed by atoms with van der Waals surface area (Å²) in [6.07, 6.45) is 0. The minimum atomic E-state index is 0.709. The van der Waals surface area contributed by atoms with Crippen molar-refractivity contribution in [2.75, 3.05) is 0 Å². The summed E-state index contributed by atoms with van der Waals surface area (Å²) < 4.78 is 7.53. The summed E-state index contributed by atoms with van der Waals surface area (Å²) in [5.74, 6) is 0.709. The van der Waals surface area contributed by atoms with Crippen LogP contribution in [-0.4, -0.2) is 19.1 Å². The molecular weight excluding hydrogens is 689 g/mol. The number of hydrogen-bond donors (Lipinski definition) is 0. The highest BCUT2D eigenvalue weighted by molar-refractivity contribution is 7.27. The van der Waals surface area contributed by atoms with E-state index in [0.717, 1.165) is 39.1 Å². The Morgan fingerprint density at radius 3 is 1.73 bits per heavy atom. The molecule has 0 saturated heterocycles. The van der Waals surface area contributed by atoms with Gasteiger partial charge in [0.25, 0.3) is 0 Å². The zero-order valence-electron chi connectivity index (χ0n) is 29.5. The minimum Gasteiger partial charge on any atom is -0.309 e. The number of hydrogen-bond acceptors (Lipinski definition) is 3. The third-order valence-corrected chi connectivity index (χ3v) is 12.3. The molecule has 0 atom stereocenters. The zero-order valence-corrected chi connectivity index (χ0v) is 30.3. The zero-order chi connectivity index (χ0) is 36.0. The largest absolute Gasteiger partial charge is 0.309 e. The summed E-state index contributed by atoms with van der Waals surface area (Å²) in [6, 6.07) is 65.0. The molecule has 12 aromatic rings. The second-order valence-corrected chi connectivity index (χ2v) is 15.2. The fourth-order valence-corrected chi connectivity index (χ4v) is 10.0.